The smallest absolute Gasteiger partial charge is 0.303 e. The van der Waals surface area contributed by atoms with Crippen molar-refractivity contribution in [3.63, 3.8) is 0 Å². The summed E-state index contributed by atoms with van der Waals surface area (Å²) in [7, 11) is 0. The predicted molar refractivity (Wildman–Crippen MR) is 82.1 cm³/mol. The fraction of sp³-hybridized carbons (Fsp3) is 0.385. The first-order valence-corrected chi connectivity index (χ1v) is 7.96. The topological polar surface area (TPSA) is 66.4 Å². The van der Waals surface area contributed by atoms with Gasteiger partial charge in [-0.1, -0.05) is 23.2 Å². The van der Waals surface area contributed by atoms with Crippen molar-refractivity contribution in [3.8, 4) is 0 Å². The number of carboxylic acids is 1. The Balaban J connectivity index is 2.57. The minimum Gasteiger partial charge on any atom is -0.481 e. The molecule has 0 saturated carbocycles. The van der Waals surface area contributed by atoms with Crippen LogP contribution in [0.4, 0.5) is 0 Å². The predicted octanol–water partition coefficient (Wildman–Crippen LogP) is 3.70. The number of thioether (sulfide) groups is 1. The van der Waals surface area contributed by atoms with Crippen LogP contribution in [-0.2, 0) is 4.79 Å². The van der Waals surface area contributed by atoms with Gasteiger partial charge in [0.25, 0.3) is 5.91 Å². The molecule has 0 aliphatic carbocycles. The van der Waals surface area contributed by atoms with Crippen LogP contribution >= 0.6 is 35.0 Å². The quantitative estimate of drug-likeness (QED) is 0.589. The Bertz CT molecular complexity index is 509. The molecule has 0 saturated heterocycles. The molecule has 0 bridgehead atoms. The van der Waals surface area contributed by atoms with Gasteiger partial charge in [0, 0.05) is 17.9 Å². The van der Waals surface area contributed by atoms with E-state index in [1.54, 1.807) is 12.1 Å². The van der Waals surface area contributed by atoms with Crippen molar-refractivity contribution in [3.05, 3.63) is 27.7 Å². The Morgan fingerprint density at radius 1 is 1.25 bits per heavy atom. The maximum atomic E-state index is 12.0. The molecule has 0 aliphatic rings. The fourth-order valence-corrected chi connectivity index (χ4v) is 2.75. The summed E-state index contributed by atoms with van der Waals surface area (Å²) in [5.74, 6) is -1.11. The zero-order valence-electron chi connectivity index (χ0n) is 10.9. The van der Waals surface area contributed by atoms with Crippen molar-refractivity contribution >= 4 is 46.8 Å². The van der Waals surface area contributed by atoms with Crippen LogP contribution in [-0.4, -0.2) is 29.8 Å². The van der Waals surface area contributed by atoms with E-state index in [4.69, 9.17) is 28.3 Å². The lowest BCUT2D eigenvalue weighted by molar-refractivity contribution is -0.137. The minimum atomic E-state index is -0.832. The molecule has 0 aromatic heterocycles. The average Bonchev–Trinajstić information content (AvgIpc) is 2.38. The third-order valence-corrected chi connectivity index (χ3v) is 4.10. The van der Waals surface area contributed by atoms with E-state index < -0.39 is 5.97 Å². The molecule has 1 rings (SSSR count). The van der Waals surface area contributed by atoms with Crippen LogP contribution in [0, 0.1) is 0 Å². The second-order valence-electron chi connectivity index (χ2n) is 4.07. The number of carboxylic acid groups (broad SMARTS) is 1. The monoisotopic (exact) mass is 335 g/mol. The third kappa shape index (κ3) is 5.23. The molecule has 0 atom stereocenters. The second kappa shape index (κ2) is 8.39. The molecule has 0 aliphatic heterocycles. The third-order valence-electron chi connectivity index (χ3n) is 2.59. The molecule has 1 amide bonds. The second-order valence-corrected chi connectivity index (χ2v) is 5.74. The summed E-state index contributed by atoms with van der Waals surface area (Å²) < 4.78 is 0. The van der Waals surface area contributed by atoms with Crippen molar-refractivity contribution in [1.29, 1.82) is 0 Å². The number of rotatable bonds is 7. The molecule has 0 radical (unpaired) electrons. The van der Waals surface area contributed by atoms with Crippen molar-refractivity contribution < 1.29 is 14.7 Å². The van der Waals surface area contributed by atoms with Crippen molar-refractivity contribution in [1.82, 2.24) is 5.32 Å². The Morgan fingerprint density at radius 2 is 1.95 bits per heavy atom. The highest BCUT2D eigenvalue weighted by molar-refractivity contribution is 7.98. The number of amides is 1. The molecule has 7 heteroatoms. The van der Waals surface area contributed by atoms with Crippen LogP contribution in [0.1, 0.15) is 29.6 Å². The van der Waals surface area contributed by atoms with Gasteiger partial charge in [0.15, 0.2) is 0 Å². The van der Waals surface area contributed by atoms with E-state index >= 15 is 0 Å². The molecule has 20 heavy (non-hydrogen) atoms. The van der Waals surface area contributed by atoms with Crippen molar-refractivity contribution in [2.45, 2.75) is 24.2 Å². The number of benzene rings is 1. The molecule has 2 N–H and O–H groups in total. The molecule has 1 aromatic carbocycles. The number of carbonyl (C=O) groups is 2. The van der Waals surface area contributed by atoms with E-state index in [1.165, 1.54) is 11.8 Å². The van der Waals surface area contributed by atoms with Crippen LogP contribution < -0.4 is 5.32 Å². The highest BCUT2D eigenvalue weighted by Crippen LogP contribution is 2.31. The van der Waals surface area contributed by atoms with Gasteiger partial charge < -0.3 is 10.4 Å². The lowest BCUT2D eigenvalue weighted by Gasteiger charge is -2.09. The molecule has 0 fully saturated rings. The van der Waals surface area contributed by atoms with E-state index in [-0.39, 0.29) is 12.3 Å². The number of hydrogen-bond acceptors (Lipinski definition) is 3. The maximum Gasteiger partial charge on any atom is 0.303 e. The zero-order chi connectivity index (χ0) is 15.1. The summed E-state index contributed by atoms with van der Waals surface area (Å²) in [5, 5.41) is 12.0. The first-order valence-electron chi connectivity index (χ1n) is 5.98. The molecule has 4 nitrogen and oxygen atoms in total. The molecule has 1 aromatic rings. The molecular formula is C13H15Cl2NO3S. The van der Waals surface area contributed by atoms with Gasteiger partial charge in [0.1, 0.15) is 0 Å². The number of unbranched alkanes of at least 4 members (excludes halogenated alkanes) is 1. The zero-order valence-corrected chi connectivity index (χ0v) is 13.2. The van der Waals surface area contributed by atoms with E-state index in [9.17, 15) is 9.59 Å². The first-order chi connectivity index (χ1) is 9.45. The van der Waals surface area contributed by atoms with Crippen LogP contribution in [0.3, 0.4) is 0 Å². The van der Waals surface area contributed by atoms with Gasteiger partial charge in [-0.2, -0.15) is 0 Å². The fourth-order valence-electron chi connectivity index (χ4n) is 1.56. The number of hydrogen-bond donors (Lipinski definition) is 2. The highest BCUT2D eigenvalue weighted by Gasteiger charge is 2.13. The molecule has 0 unspecified atom stereocenters. The minimum absolute atomic E-state index is 0.105. The van der Waals surface area contributed by atoms with Gasteiger partial charge in [-0.15, -0.1) is 11.8 Å². The summed E-state index contributed by atoms with van der Waals surface area (Å²) in [6.07, 6.45) is 3.11. The lowest BCUT2D eigenvalue weighted by Crippen LogP contribution is -2.25. The molecule has 110 valence electrons. The molecule has 0 spiro atoms. The SMILES string of the molecule is CSc1cc(C(=O)NCCCCC(=O)O)c(Cl)cc1Cl. The standard InChI is InChI=1S/C13H15Cl2NO3S/c1-20-11-6-8(9(14)7-10(11)15)13(19)16-5-3-2-4-12(17)18/h6-7H,2-5H2,1H3,(H,16,19)(H,17,18). The molecular weight excluding hydrogens is 321 g/mol. The normalized spacial score (nSPS) is 10.3. The van der Waals surface area contributed by atoms with Gasteiger partial charge in [-0.05, 0) is 31.2 Å². The van der Waals surface area contributed by atoms with Gasteiger partial charge in [-0.3, -0.25) is 9.59 Å². The number of halogens is 2. The number of carbonyl (C=O) groups excluding carboxylic acids is 1. The van der Waals surface area contributed by atoms with E-state index in [1.807, 2.05) is 6.26 Å². The summed E-state index contributed by atoms with van der Waals surface area (Å²) in [4.78, 5) is 23.1. The van der Waals surface area contributed by atoms with Gasteiger partial charge in [-0.25, -0.2) is 0 Å². The largest absolute Gasteiger partial charge is 0.481 e. The Labute approximate surface area is 131 Å². The van der Waals surface area contributed by atoms with Crippen LogP contribution in [0.15, 0.2) is 17.0 Å². The van der Waals surface area contributed by atoms with Crippen LogP contribution in [0.25, 0.3) is 0 Å². The van der Waals surface area contributed by atoms with Crippen molar-refractivity contribution in [2.24, 2.45) is 0 Å². The van der Waals surface area contributed by atoms with Gasteiger partial charge >= 0.3 is 5.97 Å². The summed E-state index contributed by atoms with van der Waals surface area (Å²) >= 11 is 13.4. The van der Waals surface area contributed by atoms with E-state index in [0.29, 0.717) is 35.0 Å². The highest BCUT2D eigenvalue weighted by atomic mass is 35.5. The Morgan fingerprint density at radius 3 is 2.55 bits per heavy atom. The average molecular weight is 336 g/mol. The number of aliphatic carboxylic acids is 1. The molecule has 0 heterocycles. The summed E-state index contributed by atoms with van der Waals surface area (Å²) in [5.41, 5.74) is 0.374. The summed E-state index contributed by atoms with van der Waals surface area (Å²) in [6, 6.07) is 3.20. The number of nitrogens with one attached hydrogen (secondary N) is 1. The first kappa shape index (κ1) is 17.1. The Kier molecular flexibility index (Phi) is 7.19. The van der Waals surface area contributed by atoms with E-state index in [0.717, 1.165) is 4.90 Å². The lowest BCUT2D eigenvalue weighted by atomic mass is 10.2. The van der Waals surface area contributed by atoms with Crippen LogP contribution in [0.2, 0.25) is 10.0 Å². The van der Waals surface area contributed by atoms with Gasteiger partial charge in [0.05, 0.1) is 15.6 Å². The van der Waals surface area contributed by atoms with E-state index in [2.05, 4.69) is 5.32 Å². The van der Waals surface area contributed by atoms with Crippen LogP contribution in [0.5, 0.6) is 0 Å². The summed E-state index contributed by atoms with van der Waals surface area (Å²) in [6.45, 7) is 0.416. The Hall–Kier alpha value is -0.910. The van der Waals surface area contributed by atoms with Crippen molar-refractivity contribution in [2.75, 3.05) is 12.8 Å². The maximum absolute atomic E-state index is 12.0. The van der Waals surface area contributed by atoms with Gasteiger partial charge in [0.2, 0.25) is 0 Å².